The van der Waals surface area contributed by atoms with Crippen LogP contribution in [0.3, 0.4) is 0 Å². The van der Waals surface area contributed by atoms with Gasteiger partial charge in [0.25, 0.3) is 0 Å². The van der Waals surface area contributed by atoms with Gasteiger partial charge in [0.15, 0.2) is 5.82 Å². The molecule has 5 nitrogen and oxygen atoms in total. The van der Waals surface area contributed by atoms with E-state index in [0.717, 1.165) is 50.5 Å². The first kappa shape index (κ1) is 13.6. The molecule has 20 heavy (non-hydrogen) atoms. The van der Waals surface area contributed by atoms with E-state index < -0.39 is 0 Å². The molecule has 5 heteroatoms. The summed E-state index contributed by atoms with van der Waals surface area (Å²) < 4.78 is 5.61. The van der Waals surface area contributed by atoms with E-state index in [9.17, 15) is 5.11 Å². The van der Waals surface area contributed by atoms with Crippen molar-refractivity contribution in [3.05, 3.63) is 18.3 Å². The third-order valence-corrected chi connectivity index (χ3v) is 4.27. The van der Waals surface area contributed by atoms with Gasteiger partial charge < -0.3 is 20.1 Å². The van der Waals surface area contributed by atoms with Crippen molar-refractivity contribution in [1.82, 2.24) is 4.98 Å². The van der Waals surface area contributed by atoms with E-state index in [1.165, 1.54) is 0 Å². The summed E-state index contributed by atoms with van der Waals surface area (Å²) in [5, 5.41) is 13.2. The summed E-state index contributed by atoms with van der Waals surface area (Å²) in [5.41, 5.74) is 1.08. The van der Waals surface area contributed by atoms with Crippen LogP contribution in [0.25, 0.3) is 0 Å². The van der Waals surface area contributed by atoms with E-state index in [1.54, 1.807) is 0 Å². The highest BCUT2D eigenvalue weighted by molar-refractivity contribution is 5.66. The van der Waals surface area contributed by atoms with Gasteiger partial charge in [-0.15, -0.1) is 0 Å². The summed E-state index contributed by atoms with van der Waals surface area (Å²) in [7, 11) is 0. The molecule has 0 amide bonds. The molecule has 2 aliphatic heterocycles. The Morgan fingerprint density at radius 3 is 2.85 bits per heavy atom. The van der Waals surface area contributed by atoms with Gasteiger partial charge in [-0.05, 0) is 38.3 Å². The number of nitrogens with one attached hydrogen (secondary N) is 1. The molecule has 0 saturated carbocycles. The normalized spacial score (nSPS) is 27.8. The predicted molar refractivity (Wildman–Crippen MR) is 79.1 cm³/mol. The standard InChI is InChI=1S/C15H23N3O2/c1-11-13(6-10-20-11)17-14-3-2-7-16-15(14)18-8-4-12(19)5-9-18/h2-3,7,11-13,17,19H,4-6,8-10H2,1H3/t11-,13-/m1/s1. The molecule has 0 spiro atoms. The number of anilines is 2. The third-order valence-electron chi connectivity index (χ3n) is 4.27. The highest BCUT2D eigenvalue weighted by Gasteiger charge is 2.26. The van der Waals surface area contributed by atoms with Crippen molar-refractivity contribution in [1.29, 1.82) is 0 Å². The Balaban J connectivity index is 1.74. The number of ether oxygens (including phenoxy) is 1. The zero-order valence-corrected chi connectivity index (χ0v) is 12.0. The average molecular weight is 277 g/mol. The van der Waals surface area contributed by atoms with Crippen LogP contribution < -0.4 is 10.2 Å². The summed E-state index contributed by atoms with van der Waals surface area (Å²) in [6.45, 7) is 4.66. The lowest BCUT2D eigenvalue weighted by Crippen LogP contribution is -2.37. The minimum absolute atomic E-state index is 0.158. The fourth-order valence-electron chi connectivity index (χ4n) is 2.96. The number of hydrogen-bond donors (Lipinski definition) is 2. The Bertz CT molecular complexity index is 446. The summed E-state index contributed by atoms with van der Waals surface area (Å²) in [4.78, 5) is 6.79. The summed E-state index contributed by atoms with van der Waals surface area (Å²) >= 11 is 0. The molecule has 1 aromatic rings. The molecule has 3 rings (SSSR count). The van der Waals surface area contributed by atoms with Gasteiger partial charge in [-0.25, -0.2) is 4.98 Å². The van der Waals surface area contributed by atoms with Crippen molar-refractivity contribution < 1.29 is 9.84 Å². The van der Waals surface area contributed by atoms with E-state index in [0.29, 0.717) is 6.04 Å². The molecular formula is C15H23N3O2. The van der Waals surface area contributed by atoms with Crippen LogP contribution in [0.15, 0.2) is 18.3 Å². The topological polar surface area (TPSA) is 57.6 Å². The van der Waals surface area contributed by atoms with Gasteiger partial charge in [-0.1, -0.05) is 0 Å². The number of piperidine rings is 1. The fourth-order valence-corrected chi connectivity index (χ4v) is 2.96. The first-order valence-corrected chi connectivity index (χ1v) is 7.50. The summed E-state index contributed by atoms with van der Waals surface area (Å²) in [6.07, 6.45) is 4.59. The lowest BCUT2D eigenvalue weighted by Gasteiger charge is -2.32. The van der Waals surface area contributed by atoms with Gasteiger partial charge in [0.2, 0.25) is 0 Å². The molecule has 0 aromatic carbocycles. The van der Waals surface area contributed by atoms with E-state index >= 15 is 0 Å². The monoisotopic (exact) mass is 277 g/mol. The number of pyridine rings is 1. The van der Waals surface area contributed by atoms with E-state index in [4.69, 9.17) is 4.74 Å². The molecule has 0 radical (unpaired) electrons. The van der Waals surface area contributed by atoms with E-state index in [2.05, 4.69) is 28.2 Å². The first-order chi connectivity index (χ1) is 9.74. The van der Waals surface area contributed by atoms with Crippen LogP contribution >= 0.6 is 0 Å². The Labute approximate surface area is 120 Å². The Kier molecular flexibility index (Phi) is 4.08. The quantitative estimate of drug-likeness (QED) is 0.879. The second kappa shape index (κ2) is 5.97. The molecule has 0 aliphatic carbocycles. The molecule has 0 bridgehead atoms. The first-order valence-electron chi connectivity index (χ1n) is 7.50. The maximum atomic E-state index is 9.63. The van der Waals surface area contributed by atoms with Crippen molar-refractivity contribution in [2.45, 2.75) is 44.4 Å². The summed E-state index contributed by atoms with van der Waals surface area (Å²) in [6, 6.07) is 4.40. The van der Waals surface area contributed by atoms with E-state index in [1.807, 2.05) is 12.3 Å². The molecule has 3 heterocycles. The SMILES string of the molecule is C[C@H]1OCC[C@H]1Nc1cccnc1N1CCC(O)CC1. The fraction of sp³-hybridized carbons (Fsp3) is 0.667. The Morgan fingerprint density at radius 1 is 1.35 bits per heavy atom. The van der Waals surface area contributed by atoms with Crippen molar-refractivity contribution in [2.75, 3.05) is 29.9 Å². The number of aliphatic hydroxyl groups excluding tert-OH is 1. The molecular weight excluding hydrogens is 254 g/mol. The van der Waals surface area contributed by atoms with Crippen molar-refractivity contribution in [3.8, 4) is 0 Å². The van der Waals surface area contributed by atoms with Crippen molar-refractivity contribution in [2.24, 2.45) is 0 Å². The molecule has 110 valence electrons. The van der Waals surface area contributed by atoms with Crippen LogP contribution in [0.2, 0.25) is 0 Å². The average Bonchev–Trinajstić information content (AvgIpc) is 2.86. The van der Waals surface area contributed by atoms with E-state index in [-0.39, 0.29) is 12.2 Å². The van der Waals surface area contributed by atoms with Gasteiger partial charge in [-0.2, -0.15) is 0 Å². The maximum absolute atomic E-state index is 9.63. The molecule has 2 saturated heterocycles. The number of nitrogens with zero attached hydrogens (tertiary/aromatic N) is 2. The highest BCUT2D eigenvalue weighted by atomic mass is 16.5. The van der Waals surface area contributed by atoms with Gasteiger partial charge in [0, 0.05) is 25.9 Å². The summed E-state index contributed by atoms with van der Waals surface area (Å²) in [5.74, 6) is 0.999. The van der Waals surface area contributed by atoms with Crippen molar-refractivity contribution in [3.63, 3.8) is 0 Å². The maximum Gasteiger partial charge on any atom is 0.151 e. The van der Waals surface area contributed by atoms with Gasteiger partial charge in [-0.3, -0.25) is 0 Å². The Morgan fingerprint density at radius 2 is 2.15 bits per heavy atom. The predicted octanol–water partition coefficient (Wildman–Crippen LogP) is 1.63. The molecule has 0 unspecified atom stereocenters. The van der Waals surface area contributed by atoms with Crippen LogP contribution in [-0.2, 0) is 4.74 Å². The molecule has 1 aromatic heterocycles. The number of hydrogen-bond acceptors (Lipinski definition) is 5. The molecule has 2 aliphatic rings. The van der Waals surface area contributed by atoms with Crippen LogP contribution in [0, 0.1) is 0 Å². The minimum atomic E-state index is -0.158. The van der Waals surface area contributed by atoms with Crippen LogP contribution in [0.4, 0.5) is 11.5 Å². The number of aromatic nitrogens is 1. The molecule has 2 atom stereocenters. The van der Waals surface area contributed by atoms with Crippen molar-refractivity contribution >= 4 is 11.5 Å². The Hall–Kier alpha value is -1.33. The zero-order valence-electron chi connectivity index (χ0n) is 12.0. The number of aliphatic hydroxyl groups is 1. The zero-order chi connectivity index (χ0) is 13.9. The second-order valence-electron chi connectivity index (χ2n) is 5.71. The largest absolute Gasteiger partial charge is 0.393 e. The van der Waals surface area contributed by atoms with Gasteiger partial charge in [0.05, 0.1) is 23.9 Å². The minimum Gasteiger partial charge on any atom is -0.393 e. The lowest BCUT2D eigenvalue weighted by atomic mass is 10.1. The third kappa shape index (κ3) is 2.88. The van der Waals surface area contributed by atoms with Crippen LogP contribution in [0.1, 0.15) is 26.2 Å². The number of rotatable bonds is 3. The molecule has 2 N–H and O–H groups in total. The van der Waals surface area contributed by atoms with Crippen LogP contribution in [0.5, 0.6) is 0 Å². The second-order valence-corrected chi connectivity index (χ2v) is 5.71. The smallest absolute Gasteiger partial charge is 0.151 e. The van der Waals surface area contributed by atoms with Gasteiger partial charge >= 0.3 is 0 Å². The van der Waals surface area contributed by atoms with Crippen LogP contribution in [-0.4, -0.2) is 48.0 Å². The lowest BCUT2D eigenvalue weighted by molar-refractivity contribution is 0.121. The molecule has 2 fully saturated rings. The highest BCUT2D eigenvalue weighted by Crippen LogP contribution is 2.28. The van der Waals surface area contributed by atoms with Gasteiger partial charge in [0.1, 0.15) is 0 Å².